The van der Waals surface area contributed by atoms with E-state index in [1.165, 1.54) is 7.05 Å². The number of nitrogens with one attached hydrogen (secondary N) is 1. The Labute approximate surface area is 113 Å². The van der Waals surface area contributed by atoms with Gasteiger partial charge in [0.05, 0.1) is 0 Å². The molecule has 0 aliphatic heterocycles. The number of nitrogens with zero attached hydrogens (tertiary/aromatic N) is 1. The van der Waals surface area contributed by atoms with E-state index in [2.05, 4.69) is 15.9 Å². The fourth-order valence-corrected chi connectivity index (χ4v) is 2.67. The summed E-state index contributed by atoms with van der Waals surface area (Å²) in [4.78, 5) is 0. The summed E-state index contributed by atoms with van der Waals surface area (Å²) < 4.78 is 53.6. The Balaban J connectivity index is 3.13. The summed E-state index contributed by atoms with van der Waals surface area (Å²) in [5, 5.41) is 0. The molecule has 0 aliphatic rings. The average Bonchev–Trinajstić information content (AvgIpc) is 2.22. The maximum Gasteiger partial charge on any atom is 0.301 e. The second-order valence-corrected chi connectivity index (χ2v) is 6.61. The van der Waals surface area contributed by atoms with Crippen molar-refractivity contribution in [1.29, 1.82) is 0 Å². The van der Waals surface area contributed by atoms with Gasteiger partial charge in [-0.25, -0.2) is 8.78 Å². The molecule has 0 bridgehead atoms. The molecule has 4 nitrogen and oxygen atoms in total. The zero-order valence-electron chi connectivity index (χ0n) is 10.0. The fourth-order valence-electron chi connectivity index (χ4n) is 1.12. The normalized spacial score (nSPS) is 12.2. The highest BCUT2D eigenvalue weighted by Crippen LogP contribution is 2.25. The highest BCUT2D eigenvalue weighted by molar-refractivity contribution is 9.10. The van der Waals surface area contributed by atoms with Crippen molar-refractivity contribution >= 4 is 31.8 Å². The van der Waals surface area contributed by atoms with E-state index in [1.54, 1.807) is 13.8 Å². The molecule has 0 atom stereocenters. The van der Waals surface area contributed by atoms with Crippen molar-refractivity contribution in [3.05, 3.63) is 28.2 Å². The molecular formula is C10H13BrF2N2O2S. The van der Waals surface area contributed by atoms with E-state index in [4.69, 9.17) is 0 Å². The molecule has 0 radical (unpaired) electrons. The third-order valence-electron chi connectivity index (χ3n) is 2.34. The molecular weight excluding hydrogens is 330 g/mol. The van der Waals surface area contributed by atoms with Gasteiger partial charge in [-0.3, -0.25) is 4.72 Å². The van der Waals surface area contributed by atoms with Crippen LogP contribution in [-0.2, 0) is 10.2 Å². The standard InChI is InChI=1S/C10H13BrF2N2O2S/c1-6(2)15(3)18(16,17)14-10-8(12)4-7(11)5-9(10)13/h4-6,14H,1-3H3. The summed E-state index contributed by atoms with van der Waals surface area (Å²) in [5.74, 6) is -1.97. The molecule has 102 valence electrons. The molecule has 1 rings (SSSR count). The van der Waals surface area contributed by atoms with Gasteiger partial charge in [0.1, 0.15) is 5.69 Å². The van der Waals surface area contributed by atoms with E-state index in [0.717, 1.165) is 16.4 Å². The Kier molecular flexibility index (Phi) is 4.68. The predicted octanol–water partition coefficient (Wildman–Crippen LogP) is 2.72. The number of halogens is 3. The second kappa shape index (κ2) is 5.50. The maximum absolute atomic E-state index is 13.5. The van der Waals surface area contributed by atoms with Crippen molar-refractivity contribution in [1.82, 2.24) is 4.31 Å². The second-order valence-electron chi connectivity index (χ2n) is 3.96. The van der Waals surface area contributed by atoms with Crippen molar-refractivity contribution < 1.29 is 17.2 Å². The van der Waals surface area contributed by atoms with Gasteiger partial charge in [0, 0.05) is 17.6 Å². The molecule has 0 unspecified atom stereocenters. The first-order valence-corrected chi connectivity index (χ1v) is 7.28. The van der Waals surface area contributed by atoms with Crippen LogP contribution in [0.25, 0.3) is 0 Å². The van der Waals surface area contributed by atoms with Crippen LogP contribution in [0.2, 0.25) is 0 Å². The Bertz CT molecular complexity index is 526. The smallest absolute Gasteiger partial charge is 0.265 e. The summed E-state index contributed by atoms with van der Waals surface area (Å²) in [6, 6.07) is 1.64. The molecule has 0 spiro atoms. The van der Waals surface area contributed by atoms with E-state index in [9.17, 15) is 17.2 Å². The van der Waals surface area contributed by atoms with Crippen LogP contribution in [0.5, 0.6) is 0 Å². The van der Waals surface area contributed by atoms with Gasteiger partial charge in [0.2, 0.25) is 0 Å². The van der Waals surface area contributed by atoms with Crippen LogP contribution in [0, 0.1) is 11.6 Å². The zero-order chi connectivity index (χ0) is 14.1. The Morgan fingerprint density at radius 1 is 1.28 bits per heavy atom. The lowest BCUT2D eigenvalue weighted by Crippen LogP contribution is -2.37. The average molecular weight is 343 g/mol. The fraction of sp³-hybridized carbons (Fsp3) is 0.400. The topological polar surface area (TPSA) is 49.4 Å². The van der Waals surface area contributed by atoms with Gasteiger partial charge < -0.3 is 0 Å². The zero-order valence-corrected chi connectivity index (χ0v) is 12.4. The van der Waals surface area contributed by atoms with Gasteiger partial charge in [0.25, 0.3) is 0 Å². The quantitative estimate of drug-likeness (QED) is 0.914. The number of hydrogen-bond donors (Lipinski definition) is 1. The minimum Gasteiger partial charge on any atom is -0.265 e. The first-order valence-electron chi connectivity index (χ1n) is 5.05. The Morgan fingerprint density at radius 3 is 2.11 bits per heavy atom. The van der Waals surface area contributed by atoms with Crippen molar-refractivity contribution in [2.24, 2.45) is 0 Å². The highest BCUT2D eigenvalue weighted by atomic mass is 79.9. The minimum atomic E-state index is -3.98. The molecule has 8 heteroatoms. The summed E-state index contributed by atoms with van der Waals surface area (Å²) in [6.07, 6.45) is 0. The predicted molar refractivity (Wildman–Crippen MR) is 69.5 cm³/mol. The van der Waals surface area contributed by atoms with Gasteiger partial charge in [-0.15, -0.1) is 0 Å². The number of anilines is 1. The third-order valence-corrected chi connectivity index (χ3v) is 4.44. The van der Waals surface area contributed by atoms with Crippen LogP contribution < -0.4 is 4.72 Å². The van der Waals surface area contributed by atoms with Crippen LogP contribution >= 0.6 is 15.9 Å². The first-order chi connectivity index (χ1) is 8.15. The number of hydrogen-bond acceptors (Lipinski definition) is 2. The van der Waals surface area contributed by atoms with E-state index >= 15 is 0 Å². The molecule has 0 aliphatic carbocycles. The molecule has 0 heterocycles. The summed E-state index contributed by atoms with van der Waals surface area (Å²) in [5.41, 5.74) is -0.689. The number of rotatable bonds is 4. The molecule has 1 N–H and O–H groups in total. The van der Waals surface area contributed by atoms with Gasteiger partial charge in [0.15, 0.2) is 11.6 Å². The van der Waals surface area contributed by atoms with E-state index < -0.39 is 27.5 Å². The lowest BCUT2D eigenvalue weighted by atomic mass is 10.3. The van der Waals surface area contributed by atoms with Gasteiger partial charge in [-0.05, 0) is 26.0 Å². The summed E-state index contributed by atoms with van der Waals surface area (Å²) in [7, 11) is -2.66. The van der Waals surface area contributed by atoms with Crippen molar-refractivity contribution in [3.63, 3.8) is 0 Å². The van der Waals surface area contributed by atoms with E-state index in [-0.39, 0.29) is 10.5 Å². The first kappa shape index (κ1) is 15.3. The van der Waals surface area contributed by atoms with Crippen LogP contribution in [0.4, 0.5) is 14.5 Å². The molecule has 1 aromatic carbocycles. The van der Waals surface area contributed by atoms with Crippen LogP contribution in [0.3, 0.4) is 0 Å². The van der Waals surface area contributed by atoms with Crippen molar-refractivity contribution in [3.8, 4) is 0 Å². The van der Waals surface area contributed by atoms with Crippen LogP contribution in [0.15, 0.2) is 16.6 Å². The van der Waals surface area contributed by atoms with Crippen LogP contribution in [-0.4, -0.2) is 25.8 Å². The van der Waals surface area contributed by atoms with Crippen LogP contribution in [0.1, 0.15) is 13.8 Å². The van der Waals surface area contributed by atoms with Crippen molar-refractivity contribution in [2.45, 2.75) is 19.9 Å². The Morgan fingerprint density at radius 2 is 1.72 bits per heavy atom. The van der Waals surface area contributed by atoms with Crippen molar-refractivity contribution in [2.75, 3.05) is 11.8 Å². The minimum absolute atomic E-state index is 0.192. The SMILES string of the molecule is CC(C)N(C)S(=O)(=O)Nc1c(F)cc(Br)cc1F. The maximum atomic E-state index is 13.5. The molecule has 0 aromatic heterocycles. The number of benzene rings is 1. The largest absolute Gasteiger partial charge is 0.301 e. The van der Waals surface area contributed by atoms with E-state index in [0.29, 0.717) is 0 Å². The van der Waals surface area contributed by atoms with E-state index in [1.807, 2.05) is 4.72 Å². The molecule has 18 heavy (non-hydrogen) atoms. The monoisotopic (exact) mass is 342 g/mol. The third kappa shape index (κ3) is 3.39. The molecule has 0 saturated heterocycles. The molecule has 0 fully saturated rings. The van der Waals surface area contributed by atoms with Gasteiger partial charge >= 0.3 is 10.2 Å². The lowest BCUT2D eigenvalue weighted by Gasteiger charge is -2.22. The highest BCUT2D eigenvalue weighted by Gasteiger charge is 2.23. The Hall–Kier alpha value is -0.730. The lowest BCUT2D eigenvalue weighted by molar-refractivity contribution is 0.413. The summed E-state index contributed by atoms with van der Waals surface area (Å²) in [6.45, 7) is 3.29. The molecule has 0 saturated carbocycles. The van der Waals surface area contributed by atoms with Gasteiger partial charge in [-0.2, -0.15) is 12.7 Å². The summed E-state index contributed by atoms with van der Waals surface area (Å²) >= 11 is 2.91. The molecule has 0 amide bonds. The van der Waals surface area contributed by atoms with Gasteiger partial charge in [-0.1, -0.05) is 15.9 Å². The molecule has 1 aromatic rings.